The van der Waals surface area contributed by atoms with Crippen molar-refractivity contribution in [3.8, 4) is 0 Å². The van der Waals surface area contributed by atoms with Crippen LogP contribution in [0.15, 0.2) is 22.8 Å². The third-order valence-electron chi connectivity index (χ3n) is 3.61. The third kappa shape index (κ3) is 4.00. The summed E-state index contributed by atoms with van der Waals surface area (Å²) in [5.41, 5.74) is 0.615. The summed E-state index contributed by atoms with van der Waals surface area (Å²) in [4.78, 5) is 4.18. The Morgan fingerprint density at radius 1 is 1.60 bits per heavy atom. The first-order chi connectivity index (χ1) is 9.38. The number of hydrogen-bond acceptors (Lipinski definition) is 4. The normalized spacial score (nSPS) is 22.6. The predicted molar refractivity (Wildman–Crippen MR) is 80.7 cm³/mol. The van der Waals surface area contributed by atoms with Gasteiger partial charge in [0.1, 0.15) is 0 Å². The number of halogens is 1. The van der Waals surface area contributed by atoms with Gasteiger partial charge in [0.05, 0.1) is 18.1 Å². The largest absolute Gasteiger partial charge is 0.387 e. The number of hydrogen-bond donors (Lipinski definition) is 1. The highest BCUT2D eigenvalue weighted by atomic mass is 79.9. The number of pyridine rings is 1. The highest BCUT2D eigenvalue weighted by molar-refractivity contribution is 9.10. The van der Waals surface area contributed by atoms with Crippen LogP contribution in [-0.4, -0.2) is 42.2 Å². The van der Waals surface area contributed by atoms with Crippen molar-refractivity contribution >= 4 is 26.0 Å². The van der Waals surface area contributed by atoms with E-state index >= 15 is 0 Å². The van der Waals surface area contributed by atoms with Gasteiger partial charge in [-0.1, -0.05) is 0 Å². The van der Waals surface area contributed by atoms with Gasteiger partial charge in [0.2, 0.25) is 10.0 Å². The fourth-order valence-electron chi connectivity index (χ4n) is 2.59. The summed E-state index contributed by atoms with van der Waals surface area (Å²) in [6.45, 7) is 1.07. The molecule has 1 N–H and O–H groups in total. The Morgan fingerprint density at radius 3 is 3.00 bits per heavy atom. The summed E-state index contributed by atoms with van der Waals surface area (Å²) in [6.07, 6.45) is 4.52. The topological polar surface area (TPSA) is 70.5 Å². The minimum absolute atomic E-state index is 0.169. The third-order valence-corrected chi connectivity index (χ3v) is 5.55. The van der Waals surface area contributed by atoms with Gasteiger partial charge in [0, 0.05) is 23.8 Å². The second-order valence-electron chi connectivity index (χ2n) is 5.25. The first-order valence-corrected chi connectivity index (χ1v) is 9.25. The molecule has 0 amide bonds. The van der Waals surface area contributed by atoms with E-state index in [0.29, 0.717) is 25.2 Å². The lowest BCUT2D eigenvalue weighted by molar-refractivity contribution is 0.118. The number of aliphatic hydroxyl groups excluding tert-OH is 1. The minimum atomic E-state index is -3.14. The molecule has 2 rings (SSSR count). The molecular weight excluding hydrogens is 344 g/mol. The van der Waals surface area contributed by atoms with Gasteiger partial charge >= 0.3 is 0 Å². The van der Waals surface area contributed by atoms with E-state index in [-0.39, 0.29) is 5.92 Å². The standard InChI is InChI=1S/C13H19BrN2O3S/c1-20(18,19)16-7-3-4-10(9-16)8-12(17)13-11(14)5-2-6-15-13/h2,5-6,10,12,17H,3-4,7-9H2,1H3. The number of piperidine rings is 1. The number of rotatable bonds is 4. The summed E-state index contributed by atoms with van der Waals surface area (Å²) in [5.74, 6) is 0.169. The highest BCUT2D eigenvalue weighted by Crippen LogP contribution is 2.30. The Morgan fingerprint density at radius 2 is 2.35 bits per heavy atom. The number of aliphatic hydroxyl groups is 1. The predicted octanol–water partition coefficient (Wildman–Crippen LogP) is 1.94. The van der Waals surface area contributed by atoms with E-state index in [1.165, 1.54) is 10.6 Å². The van der Waals surface area contributed by atoms with E-state index < -0.39 is 16.1 Å². The maximum Gasteiger partial charge on any atom is 0.211 e. The molecule has 2 unspecified atom stereocenters. The van der Waals surface area contributed by atoms with Crippen LogP contribution in [0.5, 0.6) is 0 Å². The van der Waals surface area contributed by atoms with Crippen molar-refractivity contribution in [3.63, 3.8) is 0 Å². The zero-order valence-electron chi connectivity index (χ0n) is 11.4. The quantitative estimate of drug-likeness (QED) is 0.888. The molecule has 1 fully saturated rings. The van der Waals surface area contributed by atoms with Gasteiger partial charge in [-0.3, -0.25) is 4.98 Å². The van der Waals surface area contributed by atoms with Gasteiger partial charge in [0.25, 0.3) is 0 Å². The van der Waals surface area contributed by atoms with Crippen LogP contribution < -0.4 is 0 Å². The smallest absolute Gasteiger partial charge is 0.211 e. The fourth-order valence-corrected chi connectivity index (χ4v) is 4.05. The van der Waals surface area contributed by atoms with Crippen LogP contribution >= 0.6 is 15.9 Å². The van der Waals surface area contributed by atoms with Gasteiger partial charge in [-0.2, -0.15) is 0 Å². The van der Waals surface area contributed by atoms with Crippen molar-refractivity contribution in [2.45, 2.75) is 25.4 Å². The zero-order valence-corrected chi connectivity index (χ0v) is 13.8. The molecule has 1 aliphatic heterocycles. The van der Waals surface area contributed by atoms with Crippen molar-refractivity contribution in [1.82, 2.24) is 9.29 Å². The Kier molecular flexibility index (Phi) is 5.17. The molecule has 0 bridgehead atoms. The first kappa shape index (κ1) is 15.9. The van der Waals surface area contributed by atoms with Crippen LogP contribution in [-0.2, 0) is 10.0 Å². The summed E-state index contributed by atoms with van der Waals surface area (Å²) in [6, 6.07) is 3.64. The van der Waals surface area contributed by atoms with Crippen molar-refractivity contribution < 1.29 is 13.5 Å². The summed E-state index contributed by atoms with van der Waals surface area (Å²) in [5, 5.41) is 10.3. The van der Waals surface area contributed by atoms with E-state index in [0.717, 1.165) is 17.3 Å². The number of sulfonamides is 1. The SMILES string of the molecule is CS(=O)(=O)N1CCCC(CC(O)c2ncccc2Br)C1. The van der Waals surface area contributed by atoms with Crippen LogP contribution in [0.3, 0.4) is 0 Å². The van der Waals surface area contributed by atoms with Crippen LogP contribution in [0.25, 0.3) is 0 Å². The van der Waals surface area contributed by atoms with Gasteiger partial charge < -0.3 is 5.11 Å². The number of aromatic nitrogens is 1. The Bertz CT molecular complexity index is 564. The molecule has 2 atom stereocenters. The van der Waals surface area contributed by atoms with Gasteiger partial charge in [-0.05, 0) is 53.2 Å². The van der Waals surface area contributed by atoms with E-state index in [9.17, 15) is 13.5 Å². The summed E-state index contributed by atoms with van der Waals surface area (Å²) < 4.78 is 25.5. The minimum Gasteiger partial charge on any atom is -0.387 e. The Hall–Kier alpha value is -0.500. The summed E-state index contributed by atoms with van der Waals surface area (Å²) >= 11 is 3.38. The van der Waals surface area contributed by atoms with E-state index in [4.69, 9.17) is 0 Å². The molecule has 1 aliphatic rings. The molecule has 0 saturated carbocycles. The van der Waals surface area contributed by atoms with Crippen LogP contribution in [0.2, 0.25) is 0 Å². The van der Waals surface area contributed by atoms with Crippen molar-refractivity contribution in [3.05, 3.63) is 28.5 Å². The molecule has 2 heterocycles. The van der Waals surface area contributed by atoms with E-state index in [1.54, 1.807) is 12.3 Å². The summed E-state index contributed by atoms with van der Waals surface area (Å²) in [7, 11) is -3.14. The first-order valence-electron chi connectivity index (χ1n) is 6.61. The molecule has 0 spiro atoms. The molecule has 0 aliphatic carbocycles. The molecule has 20 heavy (non-hydrogen) atoms. The van der Waals surface area contributed by atoms with E-state index in [2.05, 4.69) is 20.9 Å². The number of nitrogens with zero attached hydrogens (tertiary/aromatic N) is 2. The van der Waals surface area contributed by atoms with Gasteiger partial charge in [0.15, 0.2) is 0 Å². The lowest BCUT2D eigenvalue weighted by Gasteiger charge is -2.32. The molecule has 1 aromatic rings. The zero-order chi connectivity index (χ0) is 14.8. The van der Waals surface area contributed by atoms with Gasteiger partial charge in [-0.15, -0.1) is 0 Å². The van der Waals surface area contributed by atoms with Crippen molar-refractivity contribution in [1.29, 1.82) is 0 Å². The Labute approximate surface area is 128 Å². The molecule has 1 aromatic heterocycles. The second-order valence-corrected chi connectivity index (χ2v) is 8.09. The molecule has 1 saturated heterocycles. The maximum atomic E-state index is 11.6. The molecule has 7 heteroatoms. The van der Waals surface area contributed by atoms with Crippen LogP contribution in [0.4, 0.5) is 0 Å². The monoisotopic (exact) mass is 362 g/mol. The van der Waals surface area contributed by atoms with Crippen molar-refractivity contribution in [2.24, 2.45) is 5.92 Å². The molecule has 0 radical (unpaired) electrons. The average molecular weight is 363 g/mol. The van der Waals surface area contributed by atoms with Crippen molar-refractivity contribution in [2.75, 3.05) is 19.3 Å². The molecule has 5 nitrogen and oxygen atoms in total. The second kappa shape index (κ2) is 6.51. The maximum absolute atomic E-state index is 11.6. The van der Waals surface area contributed by atoms with Crippen LogP contribution in [0, 0.1) is 5.92 Å². The van der Waals surface area contributed by atoms with Gasteiger partial charge in [-0.25, -0.2) is 12.7 Å². The lowest BCUT2D eigenvalue weighted by Crippen LogP contribution is -2.39. The lowest BCUT2D eigenvalue weighted by atomic mass is 9.92. The highest BCUT2D eigenvalue weighted by Gasteiger charge is 2.28. The average Bonchev–Trinajstić information content (AvgIpc) is 2.38. The molecule has 112 valence electrons. The Balaban J connectivity index is 2.01. The molecule has 0 aromatic carbocycles. The fraction of sp³-hybridized carbons (Fsp3) is 0.615. The molecular formula is C13H19BrN2O3S. The van der Waals surface area contributed by atoms with Crippen LogP contribution in [0.1, 0.15) is 31.1 Å². The van der Waals surface area contributed by atoms with E-state index in [1.807, 2.05) is 6.07 Å².